The fourth-order valence-electron chi connectivity index (χ4n) is 1.91. The molecule has 2 nitrogen and oxygen atoms in total. The number of benzene rings is 1. The Kier molecular flexibility index (Phi) is 3.66. The monoisotopic (exact) mass is 242 g/mol. The highest BCUT2D eigenvalue weighted by atomic mass is 35.5. The van der Waals surface area contributed by atoms with Gasteiger partial charge in [-0.15, -0.1) is 0 Å². The van der Waals surface area contributed by atoms with E-state index in [4.69, 9.17) is 11.6 Å². The molecular formula is C12H16ClFN2. The molecule has 0 spiro atoms. The second-order valence-electron chi connectivity index (χ2n) is 4.29. The van der Waals surface area contributed by atoms with Crippen LogP contribution in [0.1, 0.15) is 12.8 Å². The Hall–Kier alpha value is -0.800. The summed E-state index contributed by atoms with van der Waals surface area (Å²) >= 11 is 5.78. The second kappa shape index (κ2) is 5.02. The average Bonchev–Trinajstić information content (AvgIpc) is 2.29. The van der Waals surface area contributed by atoms with Crippen LogP contribution in [-0.2, 0) is 0 Å². The second-order valence-corrected chi connectivity index (χ2v) is 4.73. The van der Waals surface area contributed by atoms with Gasteiger partial charge in [-0.1, -0.05) is 11.6 Å². The van der Waals surface area contributed by atoms with Crippen molar-refractivity contribution in [3.05, 3.63) is 29.3 Å². The third kappa shape index (κ3) is 3.09. The Labute approximate surface area is 100 Å². The van der Waals surface area contributed by atoms with Crippen LogP contribution >= 0.6 is 11.6 Å². The van der Waals surface area contributed by atoms with Crippen LogP contribution in [0.5, 0.6) is 0 Å². The highest BCUT2D eigenvalue weighted by Gasteiger charge is 2.31. The maximum atomic E-state index is 14.2. The van der Waals surface area contributed by atoms with Gasteiger partial charge in [0.1, 0.15) is 5.67 Å². The van der Waals surface area contributed by atoms with Gasteiger partial charge in [0, 0.05) is 17.3 Å². The van der Waals surface area contributed by atoms with Crippen LogP contribution in [0.2, 0.25) is 5.02 Å². The van der Waals surface area contributed by atoms with Gasteiger partial charge in [0.15, 0.2) is 0 Å². The van der Waals surface area contributed by atoms with E-state index in [2.05, 4.69) is 10.6 Å². The Morgan fingerprint density at radius 2 is 2.12 bits per heavy atom. The molecule has 2 rings (SSSR count). The van der Waals surface area contributed by atoms with Gasteiger partial charge in [-0.2, -0.15) is 0 Å². The van der Waals surface area contributed by atoms with E-state index >= 15 is 0 Å². The summed E-state index contributed by atoms with van der Waals surface area (Å²) in [5, 5.41) is 6.89. The summed E-state index contributed by atoms with van der Waals surface area (Å²) in [5.41, 5.74) is -0.218. The molecule has 16 heavy (non-hydrogen) atoms. The molecule has 0 saturated carbocycles. The minimum atomic E-state index is -1.13. The minimum absolute atomic E-state index is 0.349. The van der Waals surface area contributed by atoms with Gasteiger partial charge in [0.05, 0.1) is 6.54 Å². The first-order valence-corrected chi connectivity index (χ1v) is 5.95. The number of anilines is 1. The quantitative estimate of drug-likeness (QED) is 0.852. The van der Waals surface area contributed by atoms with Crippen molar-refractivity contribution in [1.82, 2.24) is 5.32 Å². The molecule has 1 aromatic rings. The molecule has 88 valence electrons. The molecule has 1 aliphatic heterocycles. The summed E-state index contributed by atoms with van der Waals surface area (Å²) in [6.07, 6.45) is 1.53. The topological polar surface area (TPSA) is 24.1 Å². The van der Waals surface area contributed by atoms with E-state index in [1.165, 1.54) is 0 Å². The summed E-state index contributed by atoms with van der Waals surface area (Å²) in [5.74, 6) is 0. The smallest absolute Gasteiger partial charge is 0.140 e. The molecular weight excluding hydrogens is 227 g/mol. The number of piperidine rings is 1. The Balaban J connectivity index is 1.88. The Morgan fingerprint density at radius 3 is 2.75 bits per heavy atom. The largest absolute Gasteiger partial charge is 0.382 e. The average molecular weight is 243 g/mol. The van der Waals surface area contributed by atoms with Crippen molar-refractivity contribution in [2.45, 2.75) is 18.5 Å². The third-order valence-corrected chi connectivity index (χ3v) is 3.13. The number of nitrogens with one attached hydrogen (secondary N) is 2. The Bertz CT molecular complexity index is 333. The van der Waals surface area contributed by atoms with Gasteiger partial charge < -0.3 is 10.6 Å². The number of halogens is 2. The summed E-state index contributed by atoms with van der Waals surface area (Å²) in [7, 11) is 0. The maximum absolute atomic E-state index is 14.2. The fraction of sp³-hybridized carbons (Fsp3) is 0.500. The number of rotatable bonds is 3. The molecule has 4 heteroatoms. The van der Waals surface area contributed by atoms with Gasteiger partial charge in [0.25, 0.3) is 0 Å². The van der Waals surface area contributed by atoms with Crippen molar-refractivity contribution in [3.8, 4) is 0 Å². The van der Waals surface area contributed by atoms with Crippen LogP contribution in [0.4, 0.5) is 10.1 Å². The van der Waals surface area contributed by atoms with Crippen molar-refractivity contribution >= 4 is 17.3 Å². The summed E-state index contributed by atoms with van der Waals surface area (Å²) in [6, 6.07) is 7.33. The molecule has 0 amide bonds. The minimum Gasteiger partial charge on any atom is -0.382 e. The molecule has 0 radical (unpaired) electrons. The van der Waals surface area contributed by atoms with Gasteiger partial charge in [-0.3, -0.25) is 0 Å². The zero-order chi connectivity index (χ0) is 11.4. The first-order chi connectivity index (χ1) is 7.68. The van der Waals surface area contributed by atoms with Crippen molar-refractivity contribution in [2.24, 2.45) is 0 Å². The maximum Gasteiger partial charge on any atom is 0.140 e. The fourth-order valence-corrected chi connectivity index (χ4v) is 2.04. The predicted octanol–water partition coefficient (Wildman–Crippen LogP) is 2.84. The summed E-state index contributed by atoms with van der Waals surface area (Å²) in [4.78, 5) is 0. The first-order valence-electron chi connectivity index (χ1n) is 5.57. The van der Waals surface area contributed by atoms with E-state index in [1.807, 2.05) is 12.1 Å². The van der Waals surface area contributed by atoms with Crippen LogP contribution in [0.15, 0.2) is 24.3 Å². The van der Waals surface area contributed by atoms with E-state index in [0.29, 0.717) is 24.5 Å². The predicted molar refractivity (Wildman–Crippen MR) is 65.9 cm³/mol. The van der Waals surface area contributed by atoms with Crippen molar-refractivity contribution in [1.29, 1.82) is 0 Å². The van der Waals surface area contributed by atoms with E-state index in [9.17, 15) is 4.39 Å². The molecule has 0 aromatic heterocycles. The SMILES string of the molecule is FC1(CNc2ccc(Cl)cc2)CCCNC1. The highest BCUT2D eigenvalue weighted by Crippen LogP contribution is 2.22. The zero-order valence-electron chi connectivity index (χ0n) is 9.10. The van der Waals surface area contributed by atoms with E-state index in [1.54, 1.807) is 12.1 Å². The van der Waals surface area contributed by atoms with Crippen molar-refractivity contribution in [3.63, 3.8) is 0 Å². The molecule has 0 aliphatic carbocycles. The van der Waals surface area contributed by atoms with Crippen LogP contribution in [-0.4, -0.2) is 25.3 Å². The van der Waals surface area contributed by atoms with E-state index in [-0.39, 0.29) is 0 Å². The molecule has 1 atom stereocenters. The number of alkyl halides is 1. The van der Waals surface area contributed by atoms with E-state index < -0.39 is 5.67 Å². The van der Waals surface area contributed by atoms with Gasteiger partial charge in [0.2, 0.25) is 0 Å². The molecule has 1 fully saturated rings. The lowest BCUT2D eigenvalue weighted by Gasteiger charge is -2.30. The summed E-state index contributed by atoms with van der Waals surface area (Å²) in [6.45, 7) is 1.71. The Morgan fingerprint density at radius 1 is 1.38 bits per heavy atom. The lowest BCUT2D eigenvalue weighted by atomic mass is 9.96. The van der Waals surface area contributed by atoms with Gasteiger partial charge >= 0.3 is 0 Å². The molecule has 1 heterocycles. The standard InChI is InChI=1S/C12H16ClFN2/c13-10-2-4-11(5-3-10)16-9-12(14)6-1-7-15-8-12/h2-5,15-16H,1,6-9H2. The number of hydrogen-bond acceptors (Lipinski definition) is 2. The molecule has 1 saturated heterocycles. The molecule has 0 bridgehead atoms. The van der Waals surface area contributed by atoms with Crippen molar-refractivity contribution < 1.29 is 4.39 Å². The van der Waals surface area contributed by atoms with Crippen LogP contribution in [0, 0.1) is 0 Å². The first kappa shape index (κ1) is 11.7. The zero-order valence-corrected chi connectivity index (χ0v) is 9.86. The molecule has 2 N–H and O–H groups in total. The van der Waals surface area contributed by atoms with Crippen LogP contribution in [0.3, 0.4) is 0 Å². The summed E-state index contributed by atoms with van der Waals surface area (Å²) < 4.78 is 14.2. The lowest BCUT2D eigenvalue weighted by Crippen LogP contribution is -2.46. The normalized spacial score (nSPS) is 25.4. The van der Waals surface area contributed by atoms with Crippen molar-refractivity contribution in [2.75, 3.05) is 25.0 Å². The van der Waals surface area contributed by atoms with Gasteiger partial charge in [-0.25, -0.2) is 4.39 Å². The number of hydrogen-bond donors (Lipinski definition) is 2. The lowest BCUT2D eigenvalue weighted by molar-refractivity contribution is 0.137. The van der Waals surface area contributed by atoms with Crippen LogP contribution < -0.4 is 10.6 Å². The highest BCUT2D eigenvalue weighted by molar-refractivity contribution is 6.30. The molecule has 1 unspecified atom stereocenters. The molecule has 1 aromatic carbocycles. The third-order valence-electron chi connectivity index (χ3n) is 2.87. The van der Waals surface area contributed by atoms with Crippen LogP contribution in [0.25, 0.3) is 0 Å². The molecule has 1 aliphatic rings. The van der Waals surface area contributed by atoms with E-state index in [0.717, 1.165) is 18.7 Å². The van der Waals surface area contributed by atoms with Gasteiger partial charge in [-0.05, 0) is 43.7 Å².